The van der Waals surface area contributed by atoms with Crippen LogP contribution < -0.4 is 0 Å². The van der Waals surface area contributed by atoms with Crippen molar-refractivity contribution in [2.24, 2.45) is 0 Å². The first-order valence-electron chi connectivity index (χ1n) is 9.45. The predicted octanol–water partition coefficient (Wildman–Crippen LogP) is 3.11. The van der Waals surface area contributed by atoms with Crippen LogP contribution in [-0.2, 0) is 12.8 Å². The molecule has 27 heavy (non-hydrogen) atoms. The summed E-state index contributed by atoms with van der Waals surface area (Å²) in [6, 6.07) is 12.2. The molecule has 0 saturated carbocycles. The van der Waals surface area contributed by atoms with Crippen LogP contribution in [0.5, 0.6) is 5.75 Å². The smallest absolute Gasteiger partial charge is 0.120 e. The Bertz CT molecular complexity index is 775. The molecule has 2 aromatic carbocycles. The van der Waals surface area contributed by atoms with Gasteiger partial charge in [0.05, 0.1) is 24.1 Å². The van der Waals surface area contributed by atoms with Gasteiger partial charge in [0, 0.05) is 10.8 Å². The van der Waals surface area contributed by atoms with E-state index in [1.54, 1.807) is 6.07 Å². The van der Waals surface area contributed by atoms with Crippen LogP contribution in [0.4, 0.5) is 0 Å². The summed E-state index contributed by atoms with van der Waals surface area (Å²) in [4.78, 5) is 0. The van der Waals surface area contributed by atoms with Crippen molar-refractivity contribution in [3.05, 3.63) is 64.2 Å². The highest BCUT2D eigenvalue weighted by Gasteiger charge is 2.38. The van der Waals surface area contributed by atoms with Gasteiger partial charge < -0.3 is 20.4 Å². The van der Waals surface area contributed by atoms with Crippen LogP contribution in [-0.4, -0.2) is 44.5 Å². The van der Waals surface area contributed by atoms with Crippen LogP contribution in [0.1, 0.15) is 46.4 Å². The average molecular weight is 389 g/mol. The first-order valence-corrected chi connectivity index (χ1v) is 10.4. The number of aryl methyl sites for hydroxylation is 2. The predicted molar refractivity (Wildman–Crippen MR) is 109 cm³/mol. The Morgan fingerprint density at radius 2 is 1.74 bits per heavy atom. The summed E-state index contributed by atoms with van der Waals surface area (Å²) in [5, 5.41) is 40.0. The zero-order valence-corrected chi connectivity index (χ0v) is 16.6. The summed E-state index contributed by atoms with van der Waals surface area (Å²) in [7, 11) is 0. The number of benzene rings is 2. The highest BCUT2D eigenvalue weighted by atomic mass is 32.2. The summed E-state index contributed by atoms with van der Waals surface area (Å²) in [5.41, 5.74) is 5.19. The van der Waals surface area contributed by atoms with Gasteiger partial charge in [-0.2, -0.15) is 0 Å². The molecule has 1 fully saturated rings. The van der Waals surface area contributed by atoms with E-state index in [4.69, 9.17) is 0 Å². The number of aliphatic hydroxyl groups excluding tert-OH is 3. The van der Waals surface area contributed by atoms with Crippen LogP contribution in [0.15, 0.2) is 36.4 Å². The van der Waals surface area contributed by atoms with Gasteiger partial charge in [0.25, 0.3) is 0 Å². The number of phenolic OH excluding ortho intramolecular Hbond substituents is 1. The normalized spacial score (nSPS) is 25.5. The fraction of sp³-hybridized carbons (Fsp3) is 0.455. The van der Waals surface area contributed by atoms with Gasteiger partial charge in [-0.05, 0) is 54.5 Å². The summed E-state index contributed by atoms with van der Waals surface area (Å²) in [6.07, 6.45) is 0.223. The lowest BCUT2D eigenvalue weighted by atomic mass is 9.93. The Balaban J connectivity index is 1.90. The first kappa shape index (κ1) is 20.2. The number of rotatable bonds is 5. The number of phenols is 1. The third-order valence-corrected chi connectivity index (χ3v) is 6.92. The van der Waals surface area contributed by atoms with Crippen molar-refractivity contribution in [3.8, 4) is 5.75 Å². The molecule has 1 aliphatic heterocycles. The SMILES string of the molecule is CCc1ccc(Cc2cc([C@@H]3S[C@H](CO)C[C@H](O)[C@H]3O)c(O)cc2C)cc1. The molecule has 5 heteroatoms. The van der Waals surface area contributed by atoms with Crippen molar-refractivity contribution in [1.82, 2.24) is 0 Å². The third kappa shape index (κ3) is 4.49. The monoisotopic (exact) mass is 388 g/mol. The van der Waals surface area contributed by atoms with E-state index in [9.17, 15) is 20.4 Å². The molecule has 0 amide bonds. The number of aliphatic hydroxyl groups is 3. The summed E-state index contributed by atoms with van der Waals surface area (Å²) >= 11 is 1.42. The Labute approximate surface area is 164 Å². The maximum atomic E-state index is 10.5. The number of aromatic hydroxyl groups is 1. The fourth-order valence-corrected chi connectivity index (χ4v) is 5.10. The second-order valence-electron chi connectivity index (χ2n) is 7.34. The molecule has 4 N–H and O–H groups in total. The van der Waals surface area contributed by atoms with Gasteiger partial charge in [-0.25, -0.2) is 0 Å². The molecule has 1 aliphatic rings. The van der Waals surface area contributed by atoms with E-state index in [0.29, 0.717) is 12.0 Å². The summed E-state index contributed by atoms with van der Waals surface area (Å²) in [6.45, 7) is 4.04. The Kier molecular flexibility index (Phi) is 6.48. The quantitative estimate of drug-likeness (QED) is 0.633. The van der Waals surface area contributed by atoms with E-state index in [2.05, 4.69) is 31.2 Å². The zero-order valence-electron chi connectivity index (χ0n) is 15.8. The van der Waals surface area contributed by atoms with E-state index in [-0.39, 0.29) is 17.6 Å². The fourth-order valence-electron chi connectivity index (χ4n) is 3.62. The van der Waals surface area contributed by atoms with Crippen molar-refractivity contribution in [3.63, 3.8) is 0 Å². The van der Waals surface area contributed by atoms with Gasteiger partial charge in [0.15, 0.2) is 0 Å². The molecule has 0 radical (unpaired) electrons. The van der Waals surface area contributed by atoms with Crippen LogP contribution in [0.2, 0.25) is 0 Å². The average Bonchev–Trinajstić information content (AvgIpc) is 2.67. The minimum atomic E-state index is -0.969. The third-order valence-electron chi connectivity index (χ3n) is 5.37. The van der Waals surface area contributed by atoms with Crippen molar-refractivity contribution < 1.29 is 20.4 Å². The van der Waals surface area contributed by atoms with E-state index >= 15 is 0 Å². The molecule has 0 aromatic heterocycles. The molecule has 0 spiro atoms. The molecule has 0 unspecified atom stereocenters. The maximum absolute atomic E-state index is 10.5. The molecule has 1 heterocycles. The van der Waals surface area contributed by atoms with Gasteiger partial charge in [-0.3, -0.25) is 0 Å². The van der Waals surface area contributed by atoms with E-state index in [1.165, 1.54) is 22.9 Å². The van der Waals surface area contributed by atoms with Crippen molar-refractivity contribution in [2.75, 3.05) is 6.61 Å². The van der Waals surface area contributed by atoms with Crippen molar-refractivity contribution in [1.29, 1.82) is 0 Å². The molecule has 4 atom stereocenters. The molecule has 2 aromatic rings. The molecule has 0 bridgehead atoms. The van der Waals surface area contributed by atoms with Gasteiger partial charge in [-0.15, -0.1) is 11.8 Å². The lowest BCUT2D eigenvalue weighted by Gasteiger charge is -2.36. The minimum Gasteiger partial charge on any atom is -0.508 e. The van der Waals surface area contributed by atoms with Crippen LogP contribution in [0.25, 0.3) is 0 Å². The Morgan fingerprint density at radius 3 is 2.37 bits per heavy atom. The largest absolute Gasteiger partial charge is 0.508 e. The van der Waals surface area contributed by atoms with Crippen LogP contribution in [0.3, 0.4) is 0 Å². The molecule has 4 nitrogen and oxygen atoms in total. The van der Waals surface area contributed by atoms with Crippen molar-refractivity contribution in [2.45, 2.75) is 55.8 Å². The molecule has 3 rings (SSSR count). The Hall–Kier alpha value is -1.53. The van der Waals surface area contributed by atoms with Gasteiger partial charge in [-0.1, -0.05) is 37.3 Å². The highest BCUT2D eigenvalue weighted by molar-refractivity contribution is 8.00. The standard InChI is InChI=1S/C22H28O4S/c1-3-14-4-6-15(7-5-14)9-16-10-18(19(24)8-13(16)2)22-21(26)20(25)11-17(12-23)27-22/h4-8,10,17,20-26H,3,9,11-12H2,1-2H3/t17-,20-,21+,22-/m0/s1. The number of hydrogen-bond acceptors (Lipinski definition) is 5. The number of thioether (sulfide) groups is 1. The molecule has 0 aliphatic carbocycles. The van der Waals surface area contributed by atoms with E-state index < -0.39 is 17.5 Å². The summed E-state index contributed by atoms with van der Waals surface area (Å²) < 4.78 is 0. The van der Waals surface area contributed by atoms with Crippen molar-refractivity contribution >= 4 is 11.8 Å². The molecule has 1 saturated heterocycles. The van der Waals surface area contributed by atoms with E-state index in [1.807, 2.05) is 13.0 Å². The van der Waals surface area contributed by atoms with Gasteiger partial charge in [0.1, 0.15) is 5.75 Å². The molecular weight excluding hydrogens is 360 g/mol. The Morgan fingerprint density at radius 1 is 1.07 bits per heavy atom. The summed E-state index contributed by atoms with van der Waals surface area (Å²) in [5.74, 6) is 0.125. The second kappa shape index (κ2) is 8.65. The second-order valence-corrected chi connectivity index (χ2v) is 8.79. The lowest BCUT2D eigenvalue weighted by Crippen LogP contribution is -2.39. The van der Waals surface area contributed by atoms with Gasteiger partial charge in [0.2, 0.25) is 0 Å². The van der Waals surface area contributed by atoms with Gasteiger partial charge >= 0.3 is 0 Å². The minimum absolute atomic E-state index is 0.0613. The first-order chi connectivity index (χ1) is 12.9. The molecule has 146 valence electrons. The van der Waals surface area contributed by atoms with E-state index in [0.717, 1.165) is 24.0 Å². The van der Waals surface area contributed by atoms with Crippen LogP contribution >= 0.6 is 11.8 Å². The van der Waals surface area contributed by atoms with Crippen LogP contribution in [0, 0.1) is 6.92 Å². The number of hydrogen-bond donors (Lipinski definition) is 4. The topological polar surface area (TPSA) is 80.9 Å². The highest BCUT2D eigenvalue weighted by Crippen LogP contribution is 2.46. The molecular formula is C22H28O4S. The lowest BCUT2D eigenvalue weighted by molar-refractivity contribution is 0.00497. The zero-order chi connectivity index (χ0) is 19.6. The maximum Gasteiger partial charge on any atom is 0.120 e.